The van der Waals surface area contributed by atoms with Gasteiger partial charge in [-0.05, 0) is 31.7 Å². The van der Waals surface area contributed by atoms with Crippen LogP contribution in [0.5, 0.6) is 0 Å². The molecule has 0 spiro atoms. The Kier molecular flexibility index (Phi) is 4.32. The van der Waals surface area contributed by atoms with Gasteiger partial charge in [-0.2, -0.15) is 0 Å². The second-order valence-electron chi connectivity index (χ2n) is 5.25. The van der Waals surface area contributed by atoms with Crippen molar-refractivity contribution in [2.75, 3.05) is 13.6 Å². The molecule has 2 amide bonds. The zero-order valence-electron chi connectivity index (χ0n) is 11.9. The van der Waals surface area contributed by atoms with Gasteiger partial charge in [-0.15, -0.1) is 11.3 Å². The molecule has 0 aromatic carbocycles. The average molecular weight is 296 g/mol. The fourth-order valence-corrected chi connectivity index (χ4v) is 3.45. The summed E-state index contributed by atoms with van der Waals surface area (Å²) in [5, 5.41) is 11.1. The Balaban J connectivity index is 2.06. The molecule has 3 atom stereocenters. The molecule has 0 radical (unpaired) electrons. The van der Waals surface area contributed by atoms with E-state index in [4.69, 9.17) is 5.11 Å². The number of rotatable bonds is 3. The smallest absolute Gasteiger partial charge is 0.320 e. The van der Waals surface area contributed by atoms with E-state index in [9.17, 15) is 9.59 Å². The summed E-state index contributed by atoms with van der Waals surface area (Å²) in [6.07, 6.45) is 0.531. The lowest BCUT2D eigenvalue weighted by atomic mass is 10.0. The van der Waals surface area contributed by atoms with Crippen LogP contribution in [0.2, 0.25) is 0 Å². The lowest BCUT2D eigenvalue weighted by molar-refractivity contribution is -0.142. The molecule has 0 aliphatic carbocycles. The molecule has 6 heteroatoms. The summed E-state index contributed by atoms with van der Waals surface area (Å²) < 4.78 is 0. The number of amides is 2. The summed E-state index contributed by atoms with van der Waals surface area (Å²) in [5.74, 6) is -1.27. The van der Waals surface area contributed by atoms with Crippen LogP contribution < -0.4 is 0 Å². The lowest BCUT2D eigenvalue weighted by Crippen LogP contribution is -2.45. The van der Waals surface area contributed by atoms with Crippen molar-refractivity contribution < 1.29 is 14.7 Å². The van der Waals surface area contributed by atoms with Crippen LogP contribution in [-0.2, 0) is 4.79 Å². The zero-order valence-corrected chi connectivity index (χ0v) is 12.8. The van der Waals surface area contributed by atoms with E-state index < -0.39 is 11.9 Å². The maximum absolute atomic E-state index is 12.5. The van der Waals surface area contributed by atoms with Crippen LogP contribution in [0.25, 0.3) is 0 Å². The molecular formula is C14H20N2O3S. The van der Waals surface area contributed by atoms with Gasteiger partial charge in [0.25, 0.3) is 0 Å². The second kappa shape index (κ2) is 5.83. The van der Waals surface area contributed by atoms with Gasteiger partial charge in [-0.1, -0.05) is 6.07 Å². The highest BCUT2D eigenvalue weighted by molar-refractivity contribution is 7.10. The van der Waals surface area contributed by atoms with Crippen molar-refractivity contribution in [2.24, 2.45) is 5.92 Å². The van der Waals surface area contributed by atoms with Crippen LogP contribution in [0.1, 0.15) is 31.2 Å². The number of hydrogen-bond acceptors (Lipinski definition) is 3. The third-order valence-electron chi connectivity index (χ3n) is 4.16. The quantitative estimate of drug-likeness (QED) is 0.932. The molecule has 0 bridgehead atoms. The number of carbonyl (C=O) groups is 2. The molecule has 0 saturated carbocycles. The summed E-state index contributed by atoms with van der Waals surface area (Å²) in [6.45, 7) is 4.31. The van der Waals surface area contributed by atoms with Crippen LogP contribution in [0.3, 0.4) is 0 Å². The van der Waals surface area contributed by atoms with E-state index in [0.717, 1.165) is 4.88 Å². The van der Waals surface area contributed by atoms with Crippen LogP contribution in [0.15, 0.2) is 17.5 Å². The fourth-order valence-electron chi connectivity index (χ4n) is 2.63. The Bertz CT molecular complexity index is 489. The number of hydrogen-bond donors (Lipinski definition) is 1. The molecule has 20 heavy (non-hydrogen) atoms. The van der Waals surface area contributed by atoms with E-state index in [1.807, 2.05) is 31.4 Å². The molecule has 1 aliphatic rings. The normalized spacial score (nSPS) is 23.6. The zero-order chi connectivity index (χ0) is 14.9. The van der Waals surface area contributed by atoms with E-state index in [1.165, 1.54) is 0 Å². The minimum atomic E-state index is -0.818. The number of likely N-dealkylation sites (tertiary alicyclic amines) is 1. The molecule has 2 heterocycles. The van der Waals surface area contributed by atoms with Crippen molar-refractivity contribution in [3.63, 3.8) is 0 Å². The van der Waals surface area contributed by atoms with E-state index in [1.54, 1.807) is 28.2 Å². The van der Waals surface area contributed by atoms with Gasteiger partial charge in [0, 0.05) is 24.5 Å². The SMILES string of the molecule is CC(c1cccs1)N(C)C(=O)N1CCC(C(=O)O)C1C. The molecule has 1 aromatic rings. The molecule has 110 valence electrons. The summed E-state index contributed by atoms with van der Waals surface area (Å²) in [5.41, 5.74) is 0. The predicted molar refractivity (Wildman–Crippen MR) is 77.8 cm³/mol. The predicted octanol–water partition coefficient (Wildman–Crippen LogP) is 2.66. The fraction of sp³-hybridized carbons (Fsp3) is 0.571. The second-order valence-corrected chi connectivity index (χ2v) is 6.23. The molecule has 1 aromatic heterocycles. The minimum Gasteiger partial charge on any atom is -0.481 e. The van der Waals surface area contributed by atoms with Crippen LogP contribution >= 0.6 is 11.3 Å². The maximum Gasteiger partial charge on any atom is 0.320 e. The van der Waals surface area contributed by atoms with E-state index in [-0.39, 0.29) is 18.1 Å². The van der Waals surface area contributed by atoms with Crippen molar-refractivity contribution >= 4 is 23.3 Å². The Hall–Kier alpha value is -1.56. The molecule has 1 saturated heterocycles. The third-order valence-corrected chi connectivity index (χ3v) is 5.20. The monoisotopic (exact) mass is 296 g/mol. The highest BCUT2D eigenvalue weighted by Crippen LogP contribution is 2.29. The molecule has 1 N–H and O–H groups in total. The summed E-state index contributed by atoms with van der Waals surface area (Å²) in [4.78, 5) is 28.1. The Morgan fingerprint density at radius 2 is 2.25 bits per heavy atom. The molecule has 1 fully saturated rings. The number of carbonyl (C=O) groups excluding carboxylic acids is 1. The Morgan fingerprint density at radius 1 is 1.55 bits per heavy atom. The maximum atomic E-state index is 12.5. The number of aliphatic carboxylic acids is 1. The van der Waals surface area contributed by atoms with Gasteiger partial charge in [0.2, 0.25) is 0 Å². The average Bonchev–Trinajstić information content (AvgIpc) is 3.05. The topological polar surface area (TPSA) is 60.9 Å². The third kappa shape index (κ3) is 2.65. The number of carboxylic acids is 1. The van der Waals surface area contributed by atoms with E-state index in [0.29, 0.717) is 13.0 Å². The van der Waals surface area contributed by atoms with Gasteiger partial charge in [-0.3, -0.25) is 4.79 Å². The van der Waals surface area contributed by atoms with Crippen LogP contribution in [0, 0.1) is 5.92 Å². The first-order valence-corrected chi connectivity index (χ1v) is 7.61. The van der Waals surface area contributed by atoms with E-state index in [2.05, 4.69) is 0 Å². The summed E-state index contributed by atoms with van der Waals surface area (Å²) in [6, 6.07) is 3.62. The largest absolute Gasteiger partial charge is 0.481 e. The van der Waals surface area contributed by atoms with Gasteiger partial charge < -0.3 is 14.9 Å². The Labute approximate surface area is 122 Å². The lowest BCUT2D eigenvalue weighted by Gasteiger charge is -2.32. The first-order chi connectivity index (χ1) is 9.43. The van der Waals surface area contributed by atoms with Gasteiger partial charge in [-0.25, -0.2) is 4.79 Å². The number of nitrogens with zero attached hydrogens (tertiary/aromatic N) is 2. The van der Waals surface area contributed by atoms with Crippen LogP contribution in [-0.4, -0.2) is 46.5 Å². The number of carboxylic acid groups (broad SMARTS) is 1. The van der Waals surface area contributed by atoms with Gasteiger partial charge >= 0.3 is 12.0 Å². The molecule has 5 nitrogen and oxygen atoms in total. The first-order valence-electron chi connectivity index (χ1n) is 6.73. The molecule has 3 unspecified atom stereocenters. The van der Waals surface area contributed by atoms with Gasteiger partial charge in [0.05, 0.1) is 12.0 Å². The Morgan fingerprint density at radius 3 is 2.75 bits per heavy atom. The van der Waals surface area contributed by atoms with Crippen molar-refractivity contribution in [1.82, 2.24) is 9.80 Å². The highest BCUT2D eigenvalue weighted by Gasteiger charge is 2.39. The molecule has 2 rings (SSSR count). The van der Waals surface area contributed by atoms with Gasteiger partial charge in [0.15, 0.2) is 0 Å². The van der Waals surface area contributed by atoms with Crippen molar-refractivity contribution in [3.8, 4) is 0 Å². The molecular weight excluding hydrogens is 276 g/mol. The molecule has 1 aliphatic heterocycles. The van der Waals surface area contributed by atoms with Crippen LogP contribution in [0.4, 0.5) is 4.79 Å². The van der Waals surface area contributed by atoms with Crippen molar-refractivity contribution in [3.05, 3.63) is 22.4 Å². The summed E-state index contributed by atoms with van der Waals surface area (Å²) >= 11 is 1.62. The first kappa shape index (κ1) is 14.8. The van der Waals surface area contributed by atoms with Crippen molar-refractivity contribution in [1.29, 1.82) is 0 Å². The highest BCUT2D eigenvalue weighted by atomic mass is 32.1. The number of thiophene rings is 1. The van der Waals surface area contributed by atoms with Gasteiger partial charge in [0.1, 0.15) is 0 Å². The standard InChI is InChI=1S/C14H20N2O3S/c1-9-11(13(17)18)6-7-16(9)14(19)15(3)10(2)12-5-4-8-20-12/h4-5,8-11H,6-7H2,1-3H3,(H,17,18). The minimum absolute atomic E-state index is 0.00132. The van der Waals surface area contributed by atoms with Crippen molar-refractivity contribution in [2.45, 2.75) is 32.4 Å². The summed E-state index contributed by atoms with van der Waals surface area (Å²) in [7, 11) is 1.77. The van der Waals surface area contributed by atoms with E-state index >= 15 is 0 Å². The number of urea groups is 1.